The molecule has 0 aromatic heterocycles. The Hall–Kier alpha value is -2.95. The average Bonchev–Trinajstić information content (AvgIpc) is 3.40. The molecule has 0 spiro atoms. The zero-order valence-corrected chi connectivity index (χ0v) is 49.1. The molecule has 0 saturated heterocycles. The van der Waals surface area contributed by atoms with Crippen molar-refractivity contribution in [2.45, 2.75) is 321 Å². The number of carbonyl (C=O) groups is 1. The van der Waals surface area contributed by atoms with Crippen molar-refractivity contribution in [3.05, 3.63) is 109 Å². The van der Waals surface area contributed by atoms with Crippen LogP contribution in [-0.4, -0.2) is 34.9 Å². The van der Waals surface area contributed by atoms with Crippen LogP contribution in [0.15, 0.2) is 109 Å². The van der Waals surface area contributed by atoms with Gasteiger partial charge in [0, 0.05) is 6.42 Å². The summed E-state index contributed by atoms with van der Waals surface area (Å²) in [6.07, 6.45) is 97.1. The van der Waals surface area contributed by atoms with Crippen molar-refractivity contribution in [1.82, 2.24) is 5.32 Å². The van der Waals surface area contributed by atoms with Gasteiger partial charge in [-0.05, 0) is 83.5 Å². The van der Waals surface area contributed by atoms with E-state index in [0.29, 0.717) is 6.42 Å². The Labute approximate surface area is 461 Å². The Balaban J connectivity index is 3.56. The van der Waals surface area contributed by atoms with Crippen LogP contribution >= 0.6 is 0 Å². The highest BCUT2D eigenvalue weighted by molar-refractivity contribution is 5.76. The first-order valence-electron chi connectivity index (χ1n) is 32.1. The number of nitrogens with one attached hydrogen (secondary N) is 1. The van der Waals surface area contributed by atoms with Crippen LogP contribution in [0.2, 0.25) is 0 Å². The maximum Gasteiger partial charge on any atom is 0.220 e. The van der Waals surface area contributed by atoms with E-state index in [2.05, 4.69) is 116 Å². The van der Waals surface area contributed by atoms with Crippen molar-refractivity contribution in [3.8, 4) is 0 Å². The molecule has 426 valence electrons. The third-order valence-electron chi connectivity index (χ3n) is 14.3. The summed E-state index contributed by atoms with van der Waals surface area (Å²) < 4.78 is 0. The summed E-state index contributed by atoms with van der Waals surface area (Å²) in [4.78, 5) is 12.5. The van der Waals surface area contributed by atoms with E-state index in [4.69, 9.17) is 0 Å². The molecular weight excluding hydrogens is 903 g/mol. The molecule has 0 radical (unpaired) electrons. The number of aliphatic hydroxyl groups excluding tert-OH is 2. The van der Waals surface area contributed by atoms with Gasteiger partial charge < -0.3 is 15.5 Å². The predicted molar refractivity (Wildman–Crippen MR) is 331 cm³/mol. The number of hydrogen-bond acceptors (Lipinski definition) is 3. The maximum absolute atomic E-state index is 12.5. The summed E-state index contributed by atoms with van der Waals surface area (Å²) in [6, 6.07) is -0.640. The lowest BCUT2D eigenvalue weighted by molar-refractivity contribution is -0.123. The van der Waals surface area contributed by atoms with Gasteiger partial charge in [0.1, 0.15) is 0 Å². The number of allylic oxidation sites excluding steroid dienone is 17. The summed E-state index contributed by atoms with van der Waals surface area (Å²) in [5.41, 5.74) is 0. The fourth-order valence-corrected chi connectivity index (χ4v) is 9.43. The minimum absolute atomic E-state index is 0.0797. The molecule has 4 nitrogen and oxygen atoms in total. The monoisotopic (exact) mass is 1030 g/mol. The highest BCUT2D eigenvalue weighted by atomic mass is 16.3. The Morgan fingerprint density at radius 1 is 0.338 bits per heavy atom. The first-order chi connectivity index (χ1) is 36.7. The first-order valence-corrected chi connectivity index (χ1v) is 32.1. The largest absolute Gasteiger partial charge is 0.394 e. The fourth-order valence-electron chi connectivity index (χ4n) is 9.43. The molecule has 0 rings (SSSR count). The van der Waals surface area contributed by atoms with Gasteiger partial charge in [-0.3, -0.25) is 4.79 Å². The van der Waals surface area contributed by atoms with Crippen LogP contribution < -0.4 is 5.32 Å². The zero-order chi connectivity index (χ0) is 53.4. The van der Waals surface area contributed by atoms with Crippen molar-refractivity contribution in [2.75, 3.05) is 6.61 Å². The molecule has 0 saturated carbocycles. The second-order valence-electron chi connectivity index (χ2n) is 21.5. The molecule has 0 heterocycles. The SMILES string of the molecule is CC/C=C\C/C=C\C/C=C\C/C=C\C/C=C\C/C=C\C/C=C\C/C=C\CCCCCCCCC(=O)NC(CO)C(O)/C=C/CCCCCCCCCCCCCCCCCCCCCCCCCCCCCCC. The van der Waals surface area contributed by atoms with E-state index in [9.17, 15) is 15.0 Å². The third kappa shape index (κ3) is 59.9. The Morgan fingerprint density at radius 3 is 0.892 bits per heavy atom. The van der Waals surface area contributed by atoms with Crippen molar-refractivity contribution in [1.29, 1.82) is 0 Å². The highest BCUT2D eigenvalue weighted by Crippen LogP contribution is 2.17. The lowest BCUT2D eigenvalue weighted by atomic mass is 10.0. The van der Waals surface area contributed by atoms with Crippen LogP contribution in [-0.2, 0) is 4.79 Å². The van der Waals surface area contributed by atoms with Gasteiger partial charge >= 0.3 is 0 Å². The summed E-state index contributed by atoms with van der Waals surface area (Å²) in [5.74, 6) is -0.0797. The molecule has 0 aliphatic rings. The van der Waals surface area contributed by atoms with E-state index in [0.717, 1.165) is 89.9 Å². The van der Waals surface area contributed by atoms with Crippen LogP contribution in [0.3, 0.4) is 0 Å². The predicted octanol–water partition coefficient (Wildman–Crippen LogP) is 21.8. The maximum atomic E-state index is 12.5. The van der Waals surface area contributed by atoms with Crippen molar-refractivity contribution < 1.29 is 15.0 Å². The summed E-state index contributed by atoms with van der Waals surface area (Å²) >= 11 is 0. The topological polar surface area (TPSA) is 69.6 Å². The second kappa shape index (κ2) is 64.3. The molecule has 0 aliphatic carbocycles. The molecule has 1 amide bonds. The number of amides is 1. The van der Waals surface area contributed by atoms with Gasteiger partial charge in [-0.1, -0.05) is 329 Å². The van der Waals surface area contributed by atoms with Crippen LogP contribution in [0.5, 0.6) is 0 Å². The van der Waals surface area contributed by atoms with Gasteiger partial charge in [-0.25, -0.2) is 0 Å². The van der Waals surface area contributed by atoms with Gasteiger partial charge in [0.15, 0.2) is 0 Å². The van der Waals surface area contributed by atoms with Gasteiger partial charge in [0.25, 0.3) is 0 Å². The van der Waals surface area contributed by atoms with E-state index in [1.54, 1.807) is 6.08 Å². The molecule has 0 bridgehead atoms. The lowest BCUT2D eigenvalue weighted by Gasteiger charge is -2.20. The van der Waals surface area contributed by atoms with Crippen molar-refractivity contribution in [3.63, 3.8) is 0 Å². The van der Waals surface area contributed by atoms with Crippen LogP contribution in [0.25, 0.3) is 0 Å². The minimum atomic E-state index is -0.856. The summed E-state index contributed by atoms with van der Waals surface area (Å²) in [5, 5.41) is 23.3. The number of aliphatic hydroxyl groups is 2. The minimum Gasteiger partial charge on any atom is -0.394 e. The molecule has 0 aliphatic heterocycles. The average molecular weight is 1030 g/mol. The Morgan fingerprint density at radius 2 is 0.595 bits per heavy atom. The molecule has 74 heavy (non-hydrogen) atoms. The van der Waals surface area contributed by atoms with Gasteiger partial charge in [-0.15, -0.1) is 0 Å². The van der Waals surface area contributed by atoms with Gasteiger partial charge in [0.05, 0.1) is 18.8 Å². The Kier molecular flexibility index (Phi) is 61.8. The van der Waals surface area contributed by atoms with E-state index in [1.807, 2.05) is 6.08 Å². The highest BCUT2D eigenvalue weighted by Gasteiger charge is 2.18. The summed E-state index contributed by atoms with van der Waals surface area (Å²) in [6.45, 7) is 4.21. The molecule has 2 atom stereocenters. The van der Waals surface area contributed by atoms with Gasteiger partial charge in [0.2, 0.25) is 5.91 Å². The molecule has 2 unspecified atom stereocenters. The number of hydrogen-bond donors (Lipinski definition) is 3. The van der Waals surface area contributed by atoms with E-state index < -0.39 is 12.1 Å². The normalized spacial score (nSPS) is 13.5. The molecule has 3 N–H and O–H groups in total. The number of unbranched alkanes of at least 4 members (excludes halogenated alkanes) is 35. The molecule has 0 fully saturated rings. The number of rotatable bonds is 58. The third-order valence-corrected chi connectivity index (χ3v) is 14.3. The second-order valence-corrected chi connectivity index (χ2v) is 21.5. The van der Waals surface area contributed by atoms with E-state index >= 15 is 0 Å². The van der Waals surface area contributed by atoms with Gasteiger partial charge in [-0.2, -0.15) is 0 Å². The zero-order valence-electron chi connectivity index (χ0n) is 49.1. The summed E-state index contributed by atoms with van der Waals surface area (Å²) in [7, 11) is 0. The number of carbonyl (C=O) groups excluding carboxylic acids is 1. The molecule has 0 aromatic rings. The van der Waals surface area contributed by atoms with Crippen LogP contribution in [0.1, 0.15) is 309 Å². The lowest BCUT2D eigenvalue weighted by Crippen LogP contribution is -2.45. The standard InChI is InChI=1S/C70H123NO3/c1-3-5-7-9-11-13-15-17-19-21-23-25-27-29-31-33-35-37-39-41-43-45-47-49-51-53-55-57-59-61-63-65-69(73)68(67-72)71-70(74)66-64-62-60-58-56-54-52-50-48-46-44-42-40-38-36-34-32-30-28-26-24-22-20-18-16-14-12-10-8-6-4-2/h6,8,12,14,18,20,24,26,30,32,36,38,42,44,48,50,63,65,68-69,72-73H,3-5,7,9-11,13,15-17,19,21-23,25,27-29,31,33-35,37,39-41,43,45-47,49,51-62,64,66-67H2,1-2H3,(H,71,74)/b8-6-,14-12-,20-18-,26-24-,32-30-,38-36-,44-42-,50-48-,65-63+. The first kappa shape index (κ1) is 71.0. The van der Waals surface area contributed by atoms with E-state index in [1.165, 1.54) is 199 Å². The fraction of sp³-hybridized carbons (Fsp3) is 0.729. The van der Waals surface area contributed by atoms with Crippen molar-refractivity contribution in [2.24, 2.45) is 0 Å². The smallest absolute Gasteiger partial charge is 0.220 e. The van der Waals surface area contributed by atoms with E-state index in [-0.39, 0.29) is 12.5 Å². The molecule has 0 aromatic carbocycles. The molecule has 4 heteroatoms. The molecular formula is C70H123NO3. The quantitative estimate of drug-likeness (QED) is 0.0420. The Bertz CT molecular complexity index is 1400. The van der Waals surface area contributed by atoms with Crippen molar-refractivity contribution >= 4 is 5.91 Å². The van der Waals surface area contributed by atoms with Crippen LogP contribution in [0, 0.1) is 0 Å². The van der Waals surface area contributed by atoms with Crippen LogP contribution in [0.4, 0.5) is 0 Å².